The second kappa shape index (κ2) is 43.0. The van der Waals surface area contributed by atoms with Gasteiger partial charge in [0, 0.05) is 23.1 Å². The molecule has 0 saturated carbocycles. The summed E-state index contributed by atoms with van der Waals surface area (Å²) in [4.78, 5) is 6.42. The van der Waals surface area contributed by atoms with Gasteiger partial charge in [0.15, 0.2) is 0 Å². The minimum absolute atomic E-state index is 0.113. The lowest BCUT2D eigenvalue weighted by Gasteiger charge is -1.92. The topological polar surface area (TPSA) is 306 Å². The predicted octanol–water partition coefficient (Wildman–Crippen LogP) is -4.29. The van der Waals surface area contributed by atoms with Gasteiger partial charge in [-0.1, -0.05) is 19.8 Å². The largest absolute Gasteiger partial charge is 0.674 e. The smallest absolute Gasteiger partial charge is 0.398 e. The molecule has 0 spiro atoms. The van der Waals surface area contributed by atoms with Crippen LogP contribution in [0.5, 0.6) is 0 Å². The van der Waals surface area contributed by atoms with Crippen LogP contribution >= 0.6 is 10.7 Å². The molecule has 0 radical (unpaired) electrons. The van der Waals surface area contributed by atoms with Gasteiger partial charge in [0.2, 0.25) is 9.05 Å². The molecule has 1 rings (SSSR count). The van der Waals surface area contributed by atoms with E-state index in [-0.39, 0.29) is 5.75 Å². The van der Waals surface area contributed by atoms with Crippen LogP contribution in [0.2, 0.25) is 0 Å². The molecular formula is C8H27B6ClF6N2O14S. The number of aromatic amines is 1. The van der Waals surface area contributed by atoms with Crippen molar-refractivity contribution in [3.05, 3.63) is 18.7 Å². The summed E-state index contributed by atoms with van der Waals surface area (Å²) >= 11 is 0. The van der Waals surface area contributed by atoms with Crippen molar-refractivity contribution < 1.29 is 94.6 Å². The van der Waals surface area contributed by atoms with Gasteiger partial charge in [-0.3, -0.25) is 25.9 Å². The molecule has 0 atom stereocenters. The van der Waals surface area contributed by atoms with E-state index in [1.807, 2.05) is 6.92 Å². The van der Waals surface area contributed by atoms with Gasteiger partial charge in [-0.05, 0) is 6.42 Å². The Bertz CT molecular complexity index is 513. The van der Waals surface area contributed by atoms with E-state index >= 15 is 0 Å². The first-order valence-corrected chi connectivity index (χ1v) is 11.3. The molecule has 0 unspecified atom stereocenters. The molecule has 1 aromatic heterocycles. The van der Waals surface area contributed by atoms with Gasteiger partial charge in [0.1, 0.15) is 0 Å². The van der Waals surface area contributed by atoms with Crippen LogP contribution in [0.25, 0.3) is 0 Å². The summed E-state index contributed by atoms with van der Waals surface area (Å²) < 4.78 is 81.2. The van der Waals surface area contributed by atoms with Gasteiger partial charge in [-0.15, -0.1) is 0 Å². The highest BCUT2D eigenvalue weighted by atomic mass is 35.7. The number of nitrogens with zero attached hydrogens (tertiary/aromatic N) is 1. The van der Waals surface area contributed by atoms with E-state index in [9.17, 15) is 34.3 Å². The highest BCUT2D eigenvalue weighted by Gasteiger charge is 2.02. The van der Waals surface area contributed by atoms with E-state index in [1.165, 1.54) is 0 Å². The number of nitrogens with one attached hydrogen (secondary N) is 1. The molecule has 226 valence electrons. The lowest BCUT2D eigenvalue weighted by atomic mass is 10.3. The Labute approximate surface area is 219 Å². The van der Waals surface area contributed by atoms with Crippen molar-refractivity contribution in [1.82, 2.24) is 9.97 Å². The molecule has 0 fully saturated rings. The third kappa shape index (κ3) is 407. The van der Waals surface area contributed by atoms with Crippen LogP contribution in [-0.2, 0) is 9.05 Å². The lowest BCUT2D eigenvalue weighted by molar-refractivity contribution is 0.338. The third-order valence-corrected chi connectivity index (χ3v) is 2.64. The molecule has 0 saturated heterocycles. The van der Waals surface area contributed by atoms with Crippen LogP contribution in [0, 0.1) is 0 Å². The van der Waals surface area contributed by atoms with Crippen LogP contribution in [0.1, 0.15) is 26.2 Å². The van der Waals surface area contributed by atoms with E-state index in [0.717, 1.165) is 12.8 Å². The lowest BCUT2D eigenvalue weighted by Crippen LogP contribution is -1.98. The molecule has 30 heteroatoms. The maximum absolute atomic E-state index is 10.3. The molecule has 1 aromatic rings. The predicted molar refractivity (Wildman–Crippen MR) is 126 cm³/mol. The van der Waals surface area contributed by atoms with Crippen molar-refractivity contribution in [2.75, 3.05) is 5.75 Å². The summed E-state index contributed by atoms with van der Waals surface area (Å²) in [5.41, 5.74) is 0. The Morgan fingerprint density at radius 2 is 0.947 bits per heavy atom. The van der Waals surface area contributed by atoms with Gasteiger partial charge >= 0.3 is 44.4 Å². The Morgan fingerprint density at radius 1 is 0.684 bits per heavy atom. The van der Waals surface area contributed by atoms with Crippen molar-refractivity contribution in [2.24, 2.45) is 0 Å². The van der Waals surface area contributed by atoms with Crippen LogP contribution in [0.3, 0.4) is 0 Å². The second-order valence-electron chi connectivity index (χ2n) is 4.57. The molecular weight excluding hydrogens is 594 g/mol. The summed E-state index contributed by atoms with van der Waals surface area (Å²) in [5.74, 6) is 0.113. The summed E-state index contributed by atoms with van der Waals surface area (Å²) in [7, 11) is -14.3. The summed E-state index contributed by atoms with van der Waals surface area (Å²) in [5, 5.41) is 83.3. The van der Waals surface area contributed by atoms with Gasteiger partial charge in [-0.25, -0.2) is 13.4 Å². The van der Waals surface area contributed by atoms with Crippen LogP contribution in [0.4, 0.5) is 25.9 Å². The van der Waals surface area contributed by atoms with Crippen molar-refractivity contribution in [1.29, 1.82) is 0 Å². The highest BCUT2D eigenvalue weighted by Crippen LogP contribution is 2.02. The van der Waals surface area contributed by atoms with E-state index in [2.05, 4.69) is 9.97 Å². The van der Waals surface area contributed by atoms with E-state index < -0.39 is 53.4 Å². The van der Waals surface area contributed by atoms with Crippen molar-refractivity contribution >= 4 is 64.1 Å². The fraction of sp³-hybridized carbons (Fsp3) is 0.625. The minimum Gasteiger partial charge on any atom is -0.398 e. The van der Waals surface area contributed by atoms with E-state index in [1.54, 1.807) is 18.7 Å². The average molecular weight is 622 g/mol. The highest BCUT2D eigenvalue weighted by molar-refractivity contribution is 8.13. The summed E-state index contributed by atoms with van der Waals surface area (Å²) in [6.07, 6.45) is 7.72. The molecule has 0 amide bonds. The van der Waals surface area contributed by atoms with E-state index in [4.69, 9.17) is 71.0 Å². The van der Waals surface area contributed by atoms with Crippen molar-refractivity contribution in [3.8, 4) is 0 Å². The molecule has 0 aliphatic heterocycles. The number of halogens is 7. The maximum atomic E-state index is 10.3. The maximum Gasteiger partial charge on any atom is 0.674 e. The zero-order valence-electron chi connectivity index (χ0n) is 19.2. The number of imidazole rings is 1. The number of hydrogen-bond acceptors (Lipinski definition) is 15. The molecule has 0 aliphatic rings. The Balaban J connectivity index is -0.0000000593. The van der Waals surface area contributed by atoms with Gasteiger partial charge < -0.3 is 65.3 Å². The quantitative estimate of drug-likeness (QED) is 0.0655. The first-order chi connectivity index (χ1) is 17.0. The molecule has 1 heterocycles. The molecule has 0 bridgehead atoms. The zero-order chi connectivity index (χ0) is 32.3. The fourth-order valence-corrected chi connectivity index (χ4v) is 1.62. The molecule has 38 heavy (non-hydrogen) atoms. The Morgan fingerprint density at radius 3 is 1.05 bits per heavy atom. The standard InChI is InChI=1S/C5H11ClO2S.C3H4N2.6BFH2O2/c1-2-3-4-5-9(6,7)8;1-2-5-3-4-1;6*2-1(3)4/h2-5H2,1H3;1-3H,(H,4,5);6*3-4H. The monoisotopic (exact) mass is 622 g/mol. The SMILES string of the molecule is CCCCCS(=O)(=O)Cl.OB(O)F.OB(O)F.OB(O)F.OB(O)F.OB(O)F.OB(O)F.c1c[nH]cn1. The summed E-state index contributed by atoms with van der Waals surface area (Å²) in [6.45, 7) is 2.01. The average Bonchev–Trinajstić information content (AvgIpc) is 3.17. The third-order valence-electron chi connectivity index (χ3n) is 1.40. The van der Waals surface area contributed by atoms with Crippen molar-refractivity contribution in [2.45, 2.75) is 26.2 Å². The zero-order valence-corrected chi connectivity index (χ0v) is 20.8. The molecule has 13 N–H and O–H groups in total. The van der Waals surface area contributed by atoms with Gasteiger partial charge in [0.25, 0.3) is 0 Å². The number of rotatable bonds is 4. The first kappa shape index (κ1) is 53.2. The molecule has 0 aromatic carbocycles. The van der Waals surface area contributed by atoms with Crippen LogP contribution < -0.4 is 0 Å². The second-order valence-corrected chi connectivity index (χ2v) is 7.47. The first-order valence-electron chi connectivity index (χ1n) is 8.82. The Kier molecular flexibility index (Phi) is 60.2. The number of unbranched alkanes of at least 4 members (excludes halogenated alkanes) is 2. The van der Waals surface area contributed by atoms with Crippen molar-refractivity contribution in [3.63, 3.8) is 0 Å². The fourth-order valence-electron chi connectivity index (χ4n) is 0.740. The normalized spacial score (nSPS) is 8.11. The molecule has 16 nitrogen and oxygen atoms in total. The van der Waals surface area contributed by atoms with E-state index in [0.29, 0.717) is 6.42 Å². The number of aromatic nitrogens is 2. The molecule has 0 aliphatic carbocycles. The summed E-state index contributed by atoms with van der Waals surface area (Å²) in [6, 6.07) is 0. The Hall–Kier alpha value is -1.06. The van der Waals surface area contributed by atoms with Crippen LogP contribution in [0.15, 0.2) is 18.7 Å². The van der Waals surface area contributed by atoms with Crippen LogP contribution in [-0.4, -0.2) is 129 Å². The minimum atomic E-state index is -3.22. The van der Waals surface area contributed by atoms with Gasteiger partial charge in [-0.2, -0.15) is 0 Å². The van der Waals surface area contributed by atoms with Gasteiger partial charge in [0.05, 0.1) is 12.1 Å². The number of H-pyrrole nitrogens is 1. The number of hydrogen-bond donors (Lipinski definition) is 13.